The number of carbonyl (C=O) groups excluding carboxylic acids is 2. The quantitative estimate of drug-likeness (QED) is 0.888. The van der Waals surface area contributed by atoms with E-state index in [0.29, 0.717) is 25.2 Å². The molecule has 0 unspecified atom stereocenters. The van der Waals surface area contributed by atoms with Crippen LogP contribution in [0.4, 0.5) is 0 Å². The van der Waals surface area contributed by atoms with E-state index >= 15 is 0 Å². The van der Waals surface area contributed by atoms with Crippen molar-refractivity contribution in [2.45, 2.75) is 30.7 Å². The number of aromatic nitrogens is 3. The van der Waals surface area contributed by atoms with Crippen molar-refractivity contribution in [3.05, 3.63) is 54.4 Å². The van der Waals surface area contributed by atoms with Crippen LogP contribution in [0, 0.1) is 0 Å². The van der Waals surface area contributed by atoms with Crippen LogP contribution < -0.4 is 5.32 Å². The number of likely N-dealkylation sites (tertiary alicyclic amines) is 1. The highest BCUT2D eigenvalue weighted by atomic mass is 16.2. The van der Waals surface area contributed by atoms with Crippen LogP contribution in [0.2, 0.25) is 0 Å². The molecule has 7 nitrogen and oxygen atoms in total. The van der Waals surface area contributed by atoms with Gasteiger partial charge in [-0.15, -0.1) is 0 Å². The Kier molecular flexibility index (Phi) is 3.91. The van der Waals surface area contributed by atoms with Crippen LogP contribution >= 0.6 is 0 Å². The third kappa shape index (κ3) is 2.86. The summed E-state index contributed by atoms with van der Waals surface area (Å²) in [6, 6.07) is 3.95. The molecule has 0 aromatic carbocycles. The standard InChI is InChI=1S/C18H19N5O2/c24-16-11-14(13-1-5-19-6-2-13)18(22-16)3-9-23(10-4-18)17(25)15-12-20-7-8-21-15/h1-2,5-8,12,14H,3-4,9-11H2,(H,22,24)/t14-/m1/s1. The van der Waals surface area contributed by atoms with Crippen molar-refractivity contribution < 1.29 is 9.59 Å². The van der Waals surface area contributed by atoms with Gasteiger partial charge in [0.15, 0.2) is 0 Å². The summed E-state index contributed by atoms with van der Waals surface area (Å²) in [6.07, 6.45) is 10.0. The highest BCUT2D eigenvalue weighted by Gasteiger charge is 2.49. The molecular formula is C18H19N5O2. The Bertz CT molecular complexity index is 773. The first kappa shape index (κ1) is 15.7. The molecule has 4 heterocycles. The van der Waals surface area contributed by atoms with Gasteiger partial charge in [-0.05, 0) is 30.5 Å². The zero-order chi connectivity index (χ0) is 17.3. The SMILES string of the molecule is O=C1C[C@H](c2ccncc2)C2(CCN(C(=O)c3cnccn3)CC2)N1. The molecule has 1 N–H and O–H groups in total. The summed E-state index contributed by atoms with van der Waals surface area (Å²) in [4.78, 5) is 38.6. The lowest BCUT2D eigenvalue weighted by molar-refractivity contribution is -0.120. The van der Waals surface area contributed by atoms with E-state index < -0.39 is 0 Å². The maximum absolute atomic E-state index is 12.5. The van der Waals surface area contributed by atoms with Crippen molar-refractivity contribution in [2.24, 2.45) is 0 Å². The summed E-state index contributed by atoms with van der Waals surface area (Å²) in [5, 5.41) is 3.19. The van der Waals surface area contributed by atoms with Gasteiger partial charge in [0.1, 0.15) is 5.69 Å². The Morgan fingerprint density at radius 2 is 1.88 bits per heavy atom. The largest absolute Gasteiger partial charge is 0.350 e. The van der Waals surface area contributed by atoms with Crippen LogP contribution in [-0.4, -0.2) is 50.3 Å². The summed E-state index contributed by atoms with van der Waals surface area (Å²) < 4.78 is 0. The van der Waals surface area contributed by atoms with Gasteiger partial charge in [0.25, 0.3) is 5.91 Å². The predicted molar refractivity (Wildman–Crippen MR) is 89.6 cm³/mol. The average molecular weight is 337 g/mol. The lowest BCUT2D eigenvalue weighted by Gasteiger charge is -2.42. The first-order chi connectivity index (χ1) is 12.2. The fourth-order valence-corrected chi connectivity index (χ4v) is 3.98. The molecule has 2 aromatic heterocycles. The van der Waals surface area contributed by atoms with E-state index in [2.05, 4.69) is 20.3 Å². The summed E-state index contributed by atoms with van der Waals surface area (Å²) in [7, 11) is 0. The maximum Gasteiger partial charge on any atom is 0.274 e. The molecule has 0 aliphatic carbocycles. The minimum Gasteiger partial charge on any atom is -0.350 e. The molecule has 4 rings (SSSR count). The number of hydrogen-bond acceptors (Lipinski definition) is 5. The highest BCUT2D eigenvalue weighted by molar-refractivity contribution is 5.92. The van der Waals surface area contributed by atoms with Crippen LogP contribution in [0.5, 0.6) is 0 Å². The van der Waals surface area contributed by atoms with Crippen LogP contribution in [-0.2, 0) is 4.79 Å². The molecule has 2 aliphatic heterocycles. The molecule has 2 amide bonds. The first-order valence-corrected chi connectivity index (χ1v) is 8.44. The zero-order valence-corrected chi connectivity index (χ0v) is 13.8. The van der Waals surface area contributed by atoms with E-state index in [1.165, 1.54) is 12.4 Å². The Labute approximate surface area is 145 Å². The lowest BCUT2D eigenvalue weighted by Crippen LogP contribution is -2.54. The molecular weight excluding hydrogens is 318 g/mol. The second-order valence-corrected chi connectivity index (χ2v) is 6.62. The second-order valence-electron chi connectivity index (χ2n) is 6.62. The number of amides is 2. The van der Waals surface area contributed by atoms with Gasteiger partial charge in [-0.3, -0.25) is 19.6 Å². The van der Waals surface area contributed by atoms with Crippen molar-refractivity contribution >= 4 is 11.8 Å². The molecule has 2 fully saturated rings. The molecule has 25 heavy (non-hydrogen) atoms. The molecule has 2 aliphatic rings. The minimum atomic E-state index is -0.280. The zero-order valence-electron chi connectivity index (χ0n) is 13.8. The monoisotopic (exact) mass is 337 g/mol. The van der Waals surface area contributed by atoms with Gasteiger partial charge in [0.05, 0.1) is 11.7 Å². The molecule has 1 spiro atoms. The fourth-order valence-electron chi connectivity index (χ4n) is 3.98. The van der Waals surface area contributed by atoms with Crippen LogP contribution in [0.1, 0.15) is 41.2 Å². The van der Waals surface area contributed by atoms with Crippen molar-refractivity contribution in [3.8, 4) is 0 Å². The average Bonchev–Trinajstić information content (AvgIpc) is 2.99. The maximum atomic E-state index is 12.5. The van der Waals surface area contributed by atoms with Gasteiger partial charge in [0, 0.05) is 50.2 Å². The van der Waals surface area contributed by atoms with E-state index in [-0.39, 0.29) is 23.3 Å². The third-order valence-corrected chi connectivity index (χ3v) is 5.28. The van der Waals surface area contributed by atoms with Gasteiger partial charge in [-0.2, -0.15) is 0 Å². The Morgan fingerprint density at radius 1 is 1.12 bits per heavy atom. The van der Waals surface area contributed by atoms with Crippen LogP contribution in [0.15, 0.2) is 43.1 Å². The molecule has 0 radical (unpaired) electrons. The fraction of sp³-hybridized carbons (Fsp3) is 0.389. The van der Waals surface area contributed by atoms with Gasteiger partial charge in [-0.25, -0.2) is 4.98 Å². The normalized spacial score (nSPS) is 22.0. The van der Waals surface area contributed by atoms with E-state index in [4.69, 9.17) is 0 Å². The number of pyridine rings is 1. The van der Waals surface area contributed by atoms with Crippen molar-refractivity contribution in [1.29, 1.82) is 0 Å². The van der Waals surface area contributed by atoms with E-state index in [9.17, 15) is 9.59 Å². The van der Waals surface area contributed by atoms with Crippen molar-refractivity contribution in [1.82, 2.24) is 25.2 Å². The van der Waals surface area contributed by atoms with Gasteiger partial charge < -0.3 is 10.2 Å². The molecule has 2 aromatic rings. The van der Waals surface area contributed by atoms with Crippen LogP contribution in [0.3, 0.4) is 0 Å². The summed E-state index contributed by atoms with van der Waals surface area (Å²) in [5.41, 5.74) is 1.21. The first-order valence-electron chi connectivity index (χ1n) is 8.44. The van der Waals surface area contributed by atoms with Gasteiger partial charge >= 0.3 is 0 Å². The number of piperidine rings is 1. The molecule has 128 valence electrons. The third-order valence-electron chi connectivity index (χ3n) is 5.28. The second kappa shape index (κ2) is 6.23. The summed E-state index contributed by atoms with van der Waals surface area (Å²) in [6.45, 7) is 1.19. The smallest absolute Gasteiger partial charge is 0.274 e. The molecule has 0 bridgehead atoms. The minimum absolute atomic E-state index is 0.0792. The molecule has 1 atom stereocenters. The predicted octanol–water partition coefficient (Wildman–Crippen LogP) is 1.15. The topological polar surface area (TPSA) is 88.1 Å². The summed E-state index contributed by atoms with van der Waals surface area (Å²) in [5.74, 6) is 0.0972. The number of carbonyl (C=O) groups is 2. The highest BCUT2D eigenvalue weighted by Crippen LogP contribution is 2.43. The van der Waals surface area contributed by atoms with E-state index in [1.54, 1.807) is 23.5 Å². The lowest BCUT2D eigenvalue weighted by atomic mass is 9.74. The van der Waals surface area contributed by atoms with Crippen molar-refractivity contribution in [2.75, 3.05) is 13.1 Å². The number of nitrogens with zero attached hydrogens (tertiary/aromatic N) is 4. The molecule has 7 heteroatoms. The van der Waals surface area contributed by atoms with Crippen molar-refractivity contribution in [3.63, 3.8) is 0 Å². The van der Waals surface area contributed by atoms with E-state index in [1.807, 2.05) is 12.1 Å². The number of nitrogens with one attached hydrogen (secondary N) is 1. The Balaban J connectivity index is 1.51. The van der Waals surface area contributed by atoms with Crippen LogP contribution in [0.25, 0.3) is 0 Å². The molecule has 2 saturated heterocycles. The molecule has 0 saturated carbocycles. The summed E-state index contributed by atoms with van der Waals surface area (Å²) >= 11 is 0. The van der Waals surface area contributed by atoms with Gasteiger partial charge in [0.2, 0.25) is 5.91 Å². The van der Waals surface area contributed by atoms with E-state index in [0.717, 1.165) is 18.4 Å². The number of rotatable bonds is 2. The Morgan fingerprint density at radius 3 is 2.56 bits per heavy atom. The van der Waals surface area contributed by atoms with Gasteiger partial charge in [-0.1, -0.05) is 0 Å². The Hall–Kier alpha value is -2.83. The number of hydrogen-bond donors (Lipinski definition) is 1.